The van der Waals surface area contributed by atoms with Gasteiger partial charge in [0.15, 0.2) is 0 Å². The molecule has 27 heavy (non-hydrogen) atoms. The summed E-state index contributed by atoms with van der Waals surface area (Å²) in [4.78, 5) is 7.34. The van der Waals surface area contributed by atoms with E-state index in [2.05, 4.69) is 98.8 Å². The molecular formula is C23H30N4. The molecule has 4 heteroatoms. The van der Waals surface area contributed by atoms with E-state index < -0.39 is 0 Å². The number of hydrogen-bond acceptors (Lipinski definition) is 2. The first-order valence-corrected chi connectivity index (χ1v) is 9.98. The Morgan fingerprint density at radius 3 is 2.48 bits per heavy atom. The average molecular weight is 363 g/mol. The summed E-state index contributed by atoms with van der Waals surface area (Å²) < 4.78 is 4.62. The predicted molar refractivity (Wildman–Crippen MR) is 110 cm³/mol. The Morgan fingerprint density at radius 2 is 1.78 bits per heavy atom. The van der Waals surface area contributed by atoms with E-state index in [1.165, 1.54) is 28.2 Å². The maximum Gasteiger partial charge on any atom is 0.214 e. The van der Waals surface area contributed by atoms with E-state index in [1.54, 1.807) is 0 Å². The number of hydrogen-bond donors (Lipinski definition) is 0. The van der Waals surface area contributed by atoms with Crippen molar-refractivity contribution in [3.8, 4) is 0 Å². The summed E-state index contributed by atoms with van der Waals surface area (Å²) in [6.07, 6.45) is 4.03. The van der Waals surface area contributed by atoms with Crippen molar-refractivity contribution in [2.45, 2.75) is 65.5 Å². The number of imidazole rings is 2. The largest absolute Gasteiger partial charge is 0.351 e. The lowest BCUT2D eigenvalue weighted by Crippen LogP contribution is -2.62. The van der Waals surface area contributed by atoms with Crippen LogP contribution in [-0.2, 0) is 18.0 Å². The van der Waals surface area contributed by atoms with E-state index in [0.717, 1.165) is 5.78 Å². The van der Waals surface area contributed by atoms with Crippen molar-refractivity contribution in [2.24, 2.45) is 12.5 Å². The third-order valence-corrected chi connectivity index (χ3v) is 8.42. The molecule has 0 N–H and O–H groups in total. The minimum absolute atomic E-state index is 0.0183. The van der Waals surface area contributed by atoms with E-state index in [9.17, 15) is 0 Å². The Kier molecular flexibility index (Phi) is 2.88. The van der Waals surface area contributed by atoms with Crippen LogP contribution in [-0.4, -0.2) is 14.0 Å². The second kappa shape index (κ2) is 4.60. The maximum absolute atomic E-state index is 4.64. The third kappa shape index (κ3) is 1.53. The molecule has 0 spiro atoms. The number of anilines is 1. The lowest BCUT2D eigenvalue weighted by atomic mass is 9.52. The van der Waals surface area contributed by atoms with E-state index >= 15 is 0 Å². The molecule has 0 fully saturated rings. The fraction of sp³-hybridized carbons (Fsp3) is 0.522. The summed E-state index contributed by atoms with van der Waals surface area (Å²) in [5, 5.41) is 0. The zero-order valence-electron chi connectivity index (χ0n) is 17.8. The number of nitrogens with zero attached hydrogens (tertiary/aromatic N) is 4. The van der Waals surface area contributed by atoms with Gasteiger partial charge < -0.3 is 9.47 Å². The van der Waals surface area contributed by atoms with Gasteiger partial charge >= 0.3 is 0 Å². The smallest absolute Gasteiger partial charge is 0.214 e. The van der Waals surface area contributed by atoms with Crippen molar-refractivity contribution in [1.29, 1.82) is 0 Å². The van der Waals surface area contributed by atoms with Gasteiger partial charge in [0, 0.05) is 30.5 Å². The van der Waals surface area contributed by atoms with Crippen LogP contribution >= 0.6 is 0 Å². The van der Waals surface area contributed by atoms with Gasteiger partial charge in [0.05, 0.1) is 23.0 Å². The SMILES string of the molecule is Cc1cccc2c1N1C(C)c3c(n(C)c4nccn34)C1(C)C(C)(C)C2(C)C. The fourth-order valence-corrected chi connectivity index (χ4v) is 6.16. The van der Waals surface area contributed by atoms with E-state index in [0.29, 0.717) is 0 Å². The molecule has 3 aromatic rings. The van der Waals surface area contributed by atoms with Gasteiger partial charge in [-0.1, -0.05) is 45.9 Å². The highest BCUT2D eigenvalue weighted by Crippen LogP contribution is 2.67. The number of benzene rings is 1. The van der Waals surface area contributed by atoms with E-state index in [1.807, 2.05) is 6.20 Å². The van der Waals surface area contributed by atoms with Crippen molar-refractivity contribution in [1.82, 2.24) is 14.0 Å². The van der Waals surface area contributed by atoms with Gasteiger partial charge in [0.1, 0.15) is 0 Å². The topological polar surface area (TPSA) is 25.5 Å². The quantitative estimate of drug-likeness (QED) is 0.556. The van der Waals surface area contributed by atoms with Crippen LogP contribution in [0.25, 0.3) is 5.78 Å². The Labute approximate surface area is 161 Å². The highest BCUT2D eigenvalue weighted by Gasteiger charge is 2.65. The molecule has 0 saturated heterocycles. The molecule has 2 aliphatic rings. The second-order valence-electron chi connectivity index (χ2n) is 9.73. The Bertz CT molecular complexity index is 1100. The van der Waals surface area contributed by atoms with Crippen LogP contribution in [0, 0.1) is 12.3 Å². The maximum atomic E-state index is 4.64. The van der Waals surface area contributed by atoms with Crippen LogP contribution in [0.3, 0.4) is 0 Å². The summed E-state index contributed by atoms with van der Waals surface area (Å²) in [6.45, 7) is 16.8. The predicted octanol–water partition coefficient (Wildman–Crippen LogP) is 5.10. The molecule has 4 nitrogen and oxygen atoms in total. The first kappa shape index (κ1) is 16.9. The van der Waals surface area contributed by atoms with Gasteiger partial charge in [-0.15, -0.1) is 0 Å². The van der Waals surface area contributed by atoms with Crippen LogP contribution < -0.4 is 4.90 Å². The van der Waals surface area contributed by atoms with Gasteiger partial charge in [0.25, 0.3) is 0 Å². The number of rotatable bonds is 0. The highest BCUT2D eigenvalue weighted by molar-refractivity contribution is 5.72. The van der Waals surface area contributed by atoms with Gasteiger partial charge in [-0.2, -0.15) is 0 Å². The summed E-state index contributed by atoms with van der Waals surface area (Å²) in [5.74, 6) is 1.04. The number of aryl methyl sites for hydroxylation is 2. The number of fused-ring (bicyclic) bond motifs is 7. The van der Waals surface area contributed by atoms with Gasteiger partial charge in [-0.3, -0.25) is 4.40 Å². The molecule has 5 rings (SSSR count). The summed E-state index contributed by atoms with van der Waals surface area (Å²) in [7, 11) is 2.18. The van der Waals surface area contributed by atoms with Crippen molar-refractivity contribution < 1.29 is 0 Å². The minimum Gasteiger partial charge on any atom is -0.351 e. The first-order valence-electron chi connectivity index (χ1n) is 9.98. The molecule has 0 radical (unpaired) electrons. The molecule has 2 aliphatic heterocycles. The highest BCUT2D eigenvalue weighted by atomic mass is 15.4. The lowest BCUT2D eigenvalue weighted by Gasteiger charge is -2.62. The molecule has 2 unspecified atom stereocenters. The monoisotopic (exact) mass is 362 g/mol. The molecule has 142 valence electrons. The molecule has 0 amide bonds. The average Bonchev–Trinajstić information content (AvgIpc) is 3.22. The molecule has 2 atom stereocenters. The van der Waals surface area contributed by atoms with E-state index in [4.69, 9.17) is 0 Å². The third-order valence-electron chi connectivity index (χ3n) is 8.42. The zero-order valence-corrected chi connectivity index (χ0v) is 17.8. The van der Waals surface area contributed by atoms with Gasteiger partial charge in [-0.25, -0.2) is 4.98 Å². The molecule has 0 aliphatic carbocycles. The second-order valence-corrected chi connectivity index (χ2v) is 9.73. The normalized spacial score (nSPS) is 27.6. The summed E-state index contributed by atoms with van der Waals surface area (Å²) in [5.41, 5.74) is 6.96. The van der Waals surface area contributed by atoms with Crippen molar-refractivity contribution in [2.75, 3.05) is 4.90 Å². The van der Waals surface area contributed by atoms with Crippen molar-refractivity contribution in [3.63, 3.8) is 0 Å². The molecule has 0 bridgehead atoms. The molecular weight excluding hydrogens is 332 g/mol. The Morgan fingerprint density at radius 1 is 1.07 bits per heavy atom. The number of aromatic nitrogens is 3. The van der Waals surface area contributed by atoms with Crippen molar-refractivity contribution in [3.05, 3.63) is 53.1 Å². The van der Waals surface area contributed by atoms with Crippen LogP contribution in [0.5, 0.6) is 0 Å². The Balaban J connectivity index is 1.97. The van der Waals surface area contributed by atoms with Crippen molar-refractivity contribution >= 4 is 11.5 Å². The fourth-order valence-electron chi connectivity index (χ4n) is 6.16. The van der Waals surface area contributed by atoms with Gasteiger partial charge in [0.2, 0.25) is 5.78 Å². The Hall–Kier alpha value is -2.23. The van der Waals surface area contributed by atoms with Crippen LogP contribution in [0.15, 0.2) is 30.6 Å². The summed E-state index contributed by atoms with van der Waals surface area (Å²) >= 11 is 0. The summed E-state index contributed by atoms with van der Waals surface area (Å²) in [6, 6.07) is 7.11. The molecule has 1 aromatic carbocycles. The van der Waals surface area contributed by atoms with Gasteiger partial charge in [-0.05, 0) is 37.3 Å². The lowest BCUT2D eigenvalue weighted by molar-refractivity contribution is 0.0608. The van der Waals surface area contributed by atoms with Crippen LogP contribution in [0.1, 0.15) is 70.1 Å². The zero-order chi connectivity index (χ0) is 19.5. The first-order chi connectivity index (χ1) is 12.6. The number of para-hydroxylation sites is 1. The van der Waals surface area contributed by atoms with Crippen LogP contribution in [0.2, 0.25) is 0 Å². The van der Waals surface area contributed by atoms with E-state index in [-0.39, 0.29) is 22.4 Å². The molecule has 0 saturated carbocycles. The minimum atomic E-state index is -0.125. The molecule has 2 aromatic heterocycles. The van der Waals surface area contributed by atoms with Crippen LogP contribution in [0.4, 0.5) is 5.69 Å². The molecule has 4 heterocycles. The standard InChI is InChI=1S/C23H30N4/c1-14-10-9-11-16-17(14)27-15(2)18-19(25(8)20-24-12-13-26(18)20)23(27,7)22(5,6)21(16,3)4/h9-13,15H,1-8H3.